The quantitative estimate of drug-likeness (QED) is 0.292. The van der Waals surface area contributed by atoms with Gasteiger partial charge in [-0.3, -0.25) is 9.59 Å². The molecule has 0 bridgehead atoms. The van der Waals surface area contributed by atoms with Crippen molar-refractivity contribution < 1.29 is 71.2 Å². The Morgan fingerprint density at radius 2 is 1.79 bits per heavy atom. The standard InChI is InChI=1S/C24H33N4O4.K/c1-18(19-8-4-2-5-9-19)22(30)25-12-13-26-23(31)21(29)24(32)28-16-14-27(15-17-28)20-10-6-3-7-11-20;/h3-4,6-11,18,21,23,29,31H,2,5,12-17H2,1H3,(H,25,30);/q-1;+1/t18?,21-,23?;/m1./s1. The van der Waals surface area contributed by atoms with Crippen LogP contribution < -0.4 is 61.6 Å². The summed E-state index contributed by atoms with van der Waals surface area (Å²) < 4.78 is 0. The van der Waals surface area contributed by atoms with Crippen LogP contribution >= 0.6 is 0 Å². The number of aliphatic hydroxyl groups is 2. The van der Waals surface area contributed by atoms with Gasteiger partial charge in [0.25, 0.3) is 5.91 Å². The van der Waals surface area contributed by atoms with Crippen LogP contribution in [0.2, 0.25) is 0 Å². The van der Waals surface area contributed by atoms with Crippen molar-refractivity contribution in [2.45, 2.75) is 32.1 Å². The number of hydrogen-bond donors (Lipinski definition) is 3. The molecule has 2 aliphatic rings. The molecule has 8 nitrogen and oxygen atoms in total. The average molecular weight is 481 g/mol. The van der Waals surface area contributed by atoms with Crippen LogP contribution in [0.3, 0.4) is 0 Å². The summed E-state index contributed by atoms with van der Waals surface area (Å²) in [7, 11) is 0. The van der Waals surface area contributed by atoms with E-state index in [2.05, 4.69) is 27.7 Å². The van der Waals surface area contributed by atoms with Gasteiger partial charge in [0, 0.05) is 38.1 Å². The first-order chi connectivity index (χ1) is 15.5. The van der Waals surface area contributed by atoms with Gasteiger partial charge >= 0.3 is 51.4 Å². The smallest absolute Gasteiger partial charge is 0.633 e. The molecule has 2 unspecified atom stereocenters. The Kier molecular flexibility index (Phi) is 12.3. The van der Waals surface area contributed by atoms with E-state index in [1.54, 1.807) is 4.90 Å². The molecule has 1 aromatic rings. The maximum absolute atomic E-state index is 12.5. The Bertz CT molecular complexity index is 825. The van der Waals surface area contributed by atoms with Gasteiger partial charge in [-0.1, -0.05) is 36.4 Å². The van der Waals surface area contributed by atoms with Crippen LogP contribution in [0.15, 0.2) is 54.1 Å². The van der Waals surface area contributed by atoms with Gasteiger partial charge < -0.3 is 30.6 Å². The molecule has 1 saturated heterocycles. The summed E-state index contributed by atoms with van der Waals surface area (Å²) in [5.41, 5.74) is 2.10. The molecule has 2 amide bonds. The number of carbonyl (C=O) groups is 2. The zero-order valence-corrected chi connectivity index (χ0v) is 22.7. The van der Waals surface area contributed by atoms with Crippen LogP contribution in [-0.2, 0) is 9.59 Å². The van der Waals surface area contributed by atoms with Crippen molar-refractivity contribution in [3.05, 3.63) is 59.4 Å². The Morgan fingerprint density at radius 1 is 1.09 bits per heavy atom. The van der Waals surface area contributed by atoms with E-state index in [0.29, 0.717) is 26.2 Å². The van der Waals surface area contributed by atoms with E-state index < -0.39 is 18.2 Å². The van der Waals surface area contributed by atoms with E-state index in [-0.39, 0.29) is 76.3 Å². The molecule has 1 aliphatic heterocycles. The van der Waals surface area contributed by atoms with E-state index in [1.807, 2.05) is 43.3 Å². The molecule has 3 rings (SSSR count). The summed E-state index contributed by atoms with van der Waals surface area (Å²) in [5.74, 6) is -0.888. The fourth-order valence-corrected chi connectivity index (χ4v) is 3.87. The van der Waals surface area contributed by atoms with E-state index in [0.717, 1.165) is 24.1 Å². The molecule has 0 aromatic heterocycles. The molecule has 3 N–H and O–H groups in total. The van der Waals surface area contributed by atoms with E-state index >= 15 is 0 Å². The molecule has 3 atom stereocenters. The zero-order valence-electron chi connectivity index (χ0n) is 19.6. The topological polar surface area (TPSA) is 107 Å². The van der Waals surface area contributed by atoms with Crippen molar-refractivity contribution >= 4 is 17.5 Å². The number of para-hydroxylation sites is 1. The monoisotopic (exact) mass is 480 g/mol. The number of rotatable bonds is 9. The molecule has 1 fully saturated rings. The maximum atomic E-state index is 12.5. The minimum atomic E-state index is -1.61. The fraction of sp³-hybridized carbons (Fsp3) is 0.500. The molecule has 174 valence electrons. The predicted molar refractivity (Wildman–Crippen MR) is 124 cm³/mol. The number of nitrogens with zero attached hydrogens (tertiary/aromatic N) is 3. The molecular formula is C24H33KN4O4. The van der Waals surface area contributed by atoms with Crippen molar-refractivity contribution in [1.29, 1.82) is 0 Å². The molecule has 0 saturated carbocycles. The van der Waals surface area contributed by atoms with Crippen molar-refractivity contribution in [2.24, 2.45) is 5.92 Å². The first-order valence-corrected chi connectivity index (χ1v) is 11.2. The van der Waals surface area contributed by atoms with Gasteiger partial charge in [0.1, 0.15) is 6.10 Å². The minimum absolute atomic E-state index is 0. The molecule has 0 radical (unpaired) electrons. The predicted octanol–water partition coefficient (Wildman–Crippen LogP) is -1.58. The average Bonchev–Trinajstić information content (AvgIpc) is 2.86. The molecule has 9 heteroatoms. The molecule has 1 aliphatic carbocycles. The summed E-state index contributed by atoms with van der Waals surface area (Å²) in [6.45, 7) is 4.44. The van der Waals surface area contributed by atoms with Crippen LogP contribution in [0.1, 0.15) is 19.8 Å². The Hall–Kier alpha value is -1.04. The Labute approximate surface area is 238 Å². The van der Waals surface area contributed by atoms with Crippen molar-refractivity contribution in [3.8, 4) is 0 Å². The first kappa shape index (κ1) is 28.2. The molecule has 33 heavy (non-hydrogen) atoms. The van der Waals surface area contributed by atoms with Gasteiger partial charge in [0.15, 0.2) is 0 Å². The second-order valence-corrected chi connectivity index (χ2v) is 8.11. The zero-order chi connectivity index (χ0) is 22.9. The van der Waals surface area contributed by atoms with Crippen molar-refractivity contribution in [1.82, 2.24) is 10.2 Å². The van der Waals surface area contributed by atoms with Gasteiger partial charge in [-0.15, -0.1) is 6.54 Å². The van der Waals surface area contributed by atoms with E-state index in [9.17, 15) is 19.8 Å². The van der Waals surface area contributed by atoms with Crippen LogP contribution in [0.4, 0.5) is 5.69 Å². The summed E-state index contributed by atoms with van der Waals surface area (Å²) in [5, 5.41) is 27.1. The molecule has 1 aromatic carbocycles. The SMILES string of the molecule is CC(C(=O)NCC[N-]C(O)[C@@H](O)C(=O)N1CCN(c2ccccc2)CC1)C1=CCCC=C1.[K+]. The second-order valence-electron chi connectivity index (χ2n) is 8.11. The summed E-state index contributed by atoms with van der Waals surface area (Å²) in [6, 6.07) is 9.96. The molecular weight excluding hydrogens is 447 g/mol. The van der Waals surface area contributed by atoms with Gasteiger partial charge in [0.2, 0.25) is 5.91 Å². The maximum Gasteiger partial charge on any atom is 1.00 e. The Balaban J connectivity index is 0.00000385. The minimum Gasteiger partial charge on any atom is -0.633 e. The third kappa shape index (κ3) is 8.29. The normalized spacial score (nSPS) is 18.6. The summed E-state index contributed by atoms with van der Waals surface area (Å²) >= 11 is 0. The van der Waals surface area contributed by atoms with Gasteiger partial charge in [-0.2, -0.15) is 0 Å². The van der Waals surface area contributed by atoms with Crippen molar-refractivity contribution in [3.63, 3.8) is 0 Å². The third-order valence-electron chi connectivity index (χ3n) is 5.89. The van der Waals surface area contributed by atoms with Gasteiger partial charge in [0.05, 0.1) is 5.92 Å². The largest absolute Gasteiger partial charge is 1.00 e. The summed E-state index contributed by atoms with van der Waals surface area (Å²) in [6.07, 6.45) is 4.92. The molecule has 1 heterocycles. The van der Waals surface area contributed by atoms with Gasteiger partial charge in [-0.05, 0) is 44.0 Å². The molecule has 0 spiro atoms. The summed E-state index contributed by atoms with van der Waals surface area (Å²) in [4.78, 5) is 28.5. The van der Waals surface area contributed by atoms with Gasteiger partial charge in [-0.25, -0.2) is 0 Å². The number of aliphatic hydroxyl groups excluding tert-OH is 2. The van der Waals surface area contributed by atoms with Crippen molar-refractivity contribution in [2.75, 3.05) is 44.2 Å². The van der Waals surface area contributed by atoms with Crippen LogP contribution in [-0.4, -0.2) is 78.5 Å². The number of piperazine rings is 1. The third-order valence-corrected chi connectivity index (χ3v) is 5.89. The fourth-order valence-electron chi connectivity index (χ4n) is 3.87. The Morgan fingerprint density at radius 3 is 2.42 bits per heavy atom. The number of hydrogen-bond acceptors (Lipinski definition) is 5. The van der Waals surface area contributed by atoms with Crippen LogP contribution in [0, 0.1) is 5.92 Å². The number of benzene rings is 1. The van der Waals surface area contributed by atoms with Crippen LogP contribution in [0.25, 0.3) is 5.32 Å². The number of anilines is 1. The van der Waals surface area contributed by atoms with E-state index in [1.165, 1.54) is 0 Å². The second kappa shape index (κ2) is 14.4. The number of allylic oxidation sites excluding steroid dienone is 3. The number of nitrogens with one attached hydrogen (secondary N) is 1. The number of amides is 2. The van der Waals surface area contributed by atoms with E-state index in [4.69, 9.17) is 0 Å². The number of carbonyl (C=O) groups excluding carboxylic acids is 2. The van der Waals surface area contributed by atoms with Crippen LogP contribution in [0.5, 0.6) is 0 Å². The first-order valence-electron chi connectivity index (χ1n) is 11.2.